The topological polar surface area (TPSA) is 74.3 Å². The molecule has 1 aliphatic rings. The van der Waals surface area contributed by atoms with Crippen molar-refractivity contribution in [1.82, 2.24) is 9.88 Å². The van der Waals surface area contributed by atoms with Crippen LogP contribution in [0.3, 0.4) is 0 Å². The molecule has 1 fully saturated rings. The lowest BCUT2D eigenvalue weighted by Gasteiger charge is -2.26. The van der Waals surface area contributed by atoms with Crippen LogP contribution in [-0.4, -0.2) is 52.8 Å². The van der Waals surface area contributed by atoms with Gasteiger partial charge >= 0.3 is 0 Å². The summed E-state index contributed by atoms with van der Waals surface area (Å²) in [4.78, 5) is 31.4. The zero-order chi connectivity index (χ0) is 23.0. The second-order valence-electron chi connectivity index (χ2n) is 7.70. The predicted octanol–water partition coefficient (Wildman–Crippen LogP) is 4.31. The van der Waals surface area contributed by atoms with Gasteiger partial charge in [-0.3, -0.25) is 14.9 Å². The summed E-state index contributed by atoms with van der Waals surface area (Å²) in [5, 5.41) is 7.49. The van der Waals surface area contributed by atoms with Gasteiger partial charge in [0.25, 0.3) is 5.91 Å². The molecule has 4 rings (SSSR count). The molecular weight excluding hydrogens is 459 g/mol. The van der Waals surface area contributed by atoms with Crippen molar-refractivity contribution in [3.05, 3.63) is 76.5 Å². The molecule has 6 nitrogen and oxygen atoms in total. The van der Waals surface area contributed by atoms with Crippen LogP contribution in [0.15, 0.2) is 53.9 Å². The molecule has 9 heteroatoms. The van der Waals surface area contributed by atoms with E-state index >= 15 is 0 Å². The van der Waals surface area contributed by atoms with Crippen LogP contribution in [0.4, 0.5) is 15.2 Å². The van der Waals surface area contributed by atoms with Crippen LogP contribution in [0, 0.1) is 5.82 Å². The molecule has 0 saturated carbocycles. The van der Waals surface area contributed by atoms with Crippen LogP contribution in [0.1, 0.15) is 21.6 Å². The Morgan fingerprint density at radius 3 is 2.55 bits per heavy atom. The number of rotatable bonds is 8. The molecule has 3 aromatic rings. The number of nitrogens with zero attached hydrogens (tertiary/aromatic N) is 2. The second-order valence-corrected chi connectivity index (χ2v) is 9.79. The minimum Gasteiger partial charge on any atom is -0.326 e. The van der Waals surface area contributed by atoms with Crippen molar-refractivity contribution in [3.8, 4) is 0 Å². The highest BCUT2D eigenvalue weighted by Crippen LogP contribution is 2.19. The molecule has 2 amide bonds. The molecule has 1 aliphatic heterocycles. The fraction of sp³-hybridized carbons (Fsp3) is 0.292. The number of hydrogen-bond acceptors (Lipinski definition) is 6. The number of thiazole rings is 1. The van der Waals surface area contributed by atoms with Gasteiger partial charge in [-0.2, -0.15) is 11.8 Å². The van der Waals surface area contributed by atoms with Crippen LogP contribution in [0.2, 0.25) is 0 Å². The van der Waals surface area contributed by atoms with Crippen molar-refractivity contribution in [2.24, 2.45) is 0 Å². The molecule has 172 valence electrons. The minimum absolute atomic E-state index is 0.0506. The number of aromatic nitrogens is 1. The summed E-state index contributed by atoms with van der Waals surface area (Å²) in [6.07, 6.45) is 1.08. The van der Waals surface area contributed by atoms with Gasteiger partial charge in [-0.1, -0.05) is 24.3 Å². The Kier molecular flexibility index (Phi) is 8.09. The fourth-order valence-corrected chi connectivity index (χ4v) is 5.18. The summed E-state index contributed by atoms with van der Waals surface area (Å²) in [6.45, 7) is 3.37. The Labute approximate surface area is 200 Å². The van der Waals surface area contributed by atoms with Crippen LogP contribution >= 0.6 is 23.1 Å². The average molecular weight is 485 g/mol. The molecule has 0 aliphatic carbocycles. The second kappa shape index (κ2) is 11.4. The van der Waals surface area contributed by atoms with Gasteiger partial charge in [-0.25, -0.2) is 9.37 Å². The Morgan fingerprint density at radius 1 is 1.03 bits per heavy atom. The maximum absolute atomic E-state index is 13.7. The number of hydrogen-bond donors (Lipinski definition) is 2. The van der Waals surface area contributed by atoms with Gasteiger partial charge < -0.3 is 10.2 Å². The molecule has 1 saturated heterocycles. The number of thioether (sulfide) groups is 1. The Bertz CT molecular complexity index is 1100. The molecule has 33 heavy (non-hydrogen) atoms. The van der Waals surface area contributed by atoms with E-state index in [2.05, 4.69) is 20.5 Å². The first-order valence-corrected chi connectivity index (χ1v) is 12.8. The molecule has 2 heterocycles. The SMILES string of the molecule is O=C(Cc1csc(NC(=O)c2ccccc2F)n1)Nc1ccc(CCN2CCSCC2)cc1. The lowest BCUT2D eigenvalue weighted by molar-refractivity contribution is -0.115. The molecule has 0 radical (unpaired) electrons. The lowest BCUT2D eigenvalue weighted by atomic mass is 10.1. The zero-order valence-electron chi connectivity index (χ0n) is 18.1. The van der Waals surface area contributed by atoms with Crippen molar-refractivity contribution in [3.63, 3.8) is 0 Å². The van der Waals surface area contributed by atoms with Crippen LogP contribution < -0.4 is 10.6 Å². The van der Waals surface area contributed by atoms with Gasteiger partial charge in [-0.05, 0) is 36.2 Å². The third kappa shape index (κ3) is 6.86. The number of halogens is 1. The van der Waals surface area contributed by atoms with E-state index in [9.17, 15) is 14.0 Å². The van der Waals surface area contributed by atoms with E-state index < -0.39 is 11.7 Å². The summed E-state index contributed by atoms with van der Waals surface area (Å²) in [6, 6.07) is 13.7. The first-order valence-electron chi connectivity index (χ1n) is 10.8. The smallest absolute Gasteiger partial charge is 0.260 e. The van der Waals surface area contributed by atoms with Crippen molar-refractivity contribution >= 4 is 45.7 Å². The van der Waals surface area contributed by atoms with Gasteiger partial charge in [0.1, 0.15) is 5.82 Å². The van der Waals surface area contributed by atoms with E-state index in [-0.39, 0.29) is 17.9 Å². The summed E-state index contributed by atoms with van der Waals surface area (Å²) >= 11 is 3.21. The number of carbonyl (C=O) groups is 2. The van der Waals surface area contributed by atoms with E-state index in [4.69, 9.17) is 0 Å². The molecule has 0 atom stereocenters. The summed E-state index contributed by atoms with van der Waals surface area (Å²) in [7, 11) is 0. The normalized spacial score (nSPS) is 14.1. The number of amides is 2. The van der Waals surface area contributed by atoms with E-state index in [0.29, 0.717) is 10.8 Å². The van der Waals surface area contributed by atoms with Gasteiger partial charge in [0.2, 0.25) is 5.91 Å². The third-order valence-electron chi connectivity index (χ3n) is 5.29. The van der Waals surface area contributed by atoms with Crippen molar-refractivity contribution in [1.29, 1.82) is 0 Å². The quantitative estimate of drug-likeness (QED) is 0.499. The molecule has 1 aromatic heterocycles. The van der Waals surface area contributed by atoms with Crippen LogP contribution in [0.25, 0.3) is 0 Å². The number of carbonyl (C=O) groups excluding carboxylic acids is 2. The van der Waals surface area contributed by atoms with Crippen molar-refractivity contribution in [2.75, 3.05) is 41.8 Å². The summed E-state index contributed by atoms with van der Waals surface area (Å²) in [5.41, 5.74) is 2.48. The first-order chi connectivity index (χ1) is 16.1. The fourth-order valence-electron chi connectivity index (χ4n) is 3.49. The Morgan fingerprint density at radius 2 is 1.79 bits per heavy atom. The van der Waals surface area contributed by atoms with E-state index in [1.807, 2.05) is 36.0 Å². The van der Waals surface area contributed by atoms with Crippen LogP contribution in [0.5, 0.6) is 0 Å². The molecule has 2 N–H and O–H groups in total. The maximum Gasteiger partial charge on any atom is 0.260 e. The van der Waals surface area contributed by atoms with Crippen molar-refractivity contribution < 1.29 is 14.0 Å². The number of nitrogens with one attached hydrogen (secondary N) is 2. The molecule has 0 spiro atoms. The predicted molar refractivity (Wildman–Crippen MR) is 133 cm³/mol. The molecule has 0 bridgehead atoms. The first kappa shape index (κ1) is 23.4. The number of benzene rings is 2. The Balaban J connectivity index is 1.24. The van der Waals surface area contributed by atoms with E-state index in [1.165, 1.54) is 46.6 Å². The van der Waals surface area contributed by atoms with Crippen LogP contribution in [-0.2, 0) is 17.6 Å². The highest BCUT2D eigenvalue weighted by atomic mass is 32.2. The van der Waals surface area contributed by atoms with Gasteiger partial charge in [0.05, 0.1) is 17.7 Å². The highest BCUT2D eigenvalue weighted by Gasteiger charge is 2.14. The summed E-state index contributed by atoms with van der Waals surface area (Å²) in [5.74, 6) is 1.07. The summed E-state index contributed by atoms with van der Waals surface area (Å²) < 4.78 is 13.7. The minimum atomic E-state index is -0.595. The van der Waals surface area contributed by atoms with Crippen molar-refractivity contribution in [2.45, 2.75) is 12.8 Å². The van der Waals surface area contributed by atoms with E-state index in [0.717, 1.165) is 31.7 Å². The largest absolute Gasteiger partial charge is 0.326 e. The van der Waals surface area contributed by atoms with E-state index in [1.54, 1.807) is 11.4 Å². The maximum atomic E-state index is 13.7. The monoisotopic (exact) mass is 484 g/mol. The highest BCUT2D eigenvalue weighted by molar-refractivity contribution is 7.99. The van der Waals surface area contributed by atoms with Gasteiger partial charge in [0, 0.05) is 42.2 Å². The lowest BCUT2D eigenvalue weighted by Crippen LogP contribution is -2.34. The third-order valence-corrected chi connectivity index (χ3v) is 7.04. The average Bonchev–Trinajstić information content (AvgIpc) is 3.26. The Hall–Kier alpha value is -2.75. The number of anilines is 2. The molecule has 2 aromatic carbocycles. The van der Waals surface area contributed by atoms with Gasteiger partial charge in [0.15, 0.2) is 5.13 Å². The molecule has 0 unspecified atom stereocenters. The zero-order valence-corrected chi connectivity index (χ0v) is 19.7. The van der Waals surface area contributed by atoms with Gasteiger partial charge in [-0.15, -0.1) is 11.3 Å². The molecular formula is C24H25FN4O2S2. The standard InChI is InChI=1S/C24H25FN4O2S2/c25-21-4-2-1-3-20(21)23(31)28-24-27-19(16-33-24)15-22(30)26-18-7-5-17(6-8-18)9-10-29-11-13-32-14-12-29/h1-8,16H,9-15H2,(H,26,30)(H,27,28,31).